The van der Waals surface area contributed by atoms with Crippen LogP contribution in [0.2, 0.25) is 0 Å². The molecule has 3 aromatic heterocycles. The van der Waals surface area contributed by atoms with E-state index in [1.54, 1.807) is 23.0 Å². The number of rotatable bonds is 3. The van der Waals surface area contributed by atoms with Gasteiger partial charge >= 0.3 is 0 Å². The minimum absolute atomic E-state index is 0.342. The lowest BCUT2D eigenvalue weighted by Crippen LogP contribution is -2.00. The number of nitrogens with zero attached hydrogens (tertiary/aromatic N) is 4. The van der Waals surface area contributed by atoms with Crippen molar-refractivity contribution in [2.24, 2.45) is 0 Å². The summed E-state index contributed by atoms with van der Waals surface area (Å²) in [6, 6.07) is 2.98. The molecule has 3 rings (SSSR count). The van der Waals surface area contributed by atoms with E-state index in [0.29, 0.717) is 17.2 Å². The monoisotopic (exact) mass is 259 g/mol. The summed E-state index contributed by atoms with van der Waals surface area (Å²) in [5, 5.41) is 0. The van der Waals surface area contributed by atoms with Crippen molar-refractivity contribution in [1.29, 1.82) is 0 Å². The highest BCUT2D eigenvalue weighted by Gasteiger charge is 2.15. The number of nitrogen functional groups attached to an aromatic ring is 1. The molecule has 0 aliphatic heterocycles. The minimum Gasteiger partial charge on any atom is -0.383 e. The maximum Gasteiger partial charge on any atom is 0.140 e. The highest BCUT2D eigenvalue weighted by atomic mass is 19.1. The van der Waals surface area contributed by atoms with Crippen LogP contribution in [0, 0.1) is 5.82 Å². The fourth-order valence-corrected chi connectivity index (χ4v) is 2.16. The second kappa shape index (κ2) is 4.38. The van der Waals surface area contributed by atoms with Gasteiger partial charge in [-0.1, -0.05) is 6.92 Å². The van der Waals surface area contributed by atoms with Crippen LogP contribution in [0.5, 0.6) is 0 Å². The molecule has 5 nitrogen and oxygen atoms in total. The van der Waals surface area contributed by atoms with E-state index in [1.807, 2.05) is 4.57 Å². The molecule has 0 aromatic carbocycles. The van der Waals surface area contributed by atoms with E-state index in [4.69, 9.17) is 5.73 Å². The number of anilines is 1. The maximum atomic E-state index is 13.2. The van der Waals surface area contributed by atoms with E-state index >= 15 is 0 Å². The lowest BCUT2D eigenvalue weighted by molar-refractivity contribution is 0.619. The zero-order chi connectivity index (χ0) is 13.4. The third-order valence-corrected chi connectivity index (χ3v) is 3.04. The number of aromatic nitrogens is 4. The van der Waals surface area contributed by atoms with Gasteiger partial charge in [0.05, 0.1) is 18.2 Å². The van der Waals surface area contributed by atoms with Gasteiger partial charge in [-0.25, -0.2) is 14.4 Å². The number of halogens is 1. The third kappa shape index (κ3) is 1.85. The second-order valence-electron chi connectivity index (χ2n) is 4.39. The zero-order valence-corrected chi connectivity index (χ0v) is 10.5. The van der Waals surface area contributed by atoms with E-state index in [1.165, 1.54) is 12.3 Å². The fraction of sp³-hybridized carbons (Fsp3) is 0.231. The van der Waals surface area contributed by atoms with Crippen LogP contribution in [0.1, 0.15) is 13.3 Å². The van der Waals surface area contributed by atoms with Crippen LogP contribution in [-0.2, 0) is 6.54 Å². The van der Waals surface area contributed by atoms with Gasteiger partial charge in [0.1, 0.15) is 23.0 Å². The Balaban J connectivity index is 2.19. The molecule has 0 radical (unpaired) electrons. The summed E-state index contributed by atoms with van der Waals surface area (Å²) >= 11 is 0. The number of hydrogen-bond acceptors (Lipinski definition) is 3. The molecule has 2 N–H and O–H groups in total. The predicted molar refractivity (Wildman–Crippen MR) is 71.1 cm³/mol. The Labute approximate surface area is 109 Å². The Kier molecular flexibility index (Phi) is 2.70. The molecule has 0 saturated carbocycles. The normalized spacial score (nSPS) is 11.3. The first-order chi connectivity index (χ1) is 9.20. The van der Waals surface area contributed by atoms with Crippen molar-refractivity contribution in [3.63, 3.8) is 0 Å². The van der Waals surface area contributed by atoms with Crippen LogP contribution in [0.25, 0.3) is 17.0 Å². The average molecular weight is 259 g/mol. The average Bonchev–Trinajstić information content (AvgIpc) is 2.96. The number of fused-ring (bicyclic) bond motifs is 1. The van der Waals surface area contributed by atoms with Crippen molar-refractivity contribution in [1.82, 2.24) is 18.9 Å². The molecule has 0 bridgehead atoms. The molecule has 0 unspecified atom stereocenters. The first kappa shape index (κ1) is 11.7. The number of pyridine rings is 1. The molecule has 0 saturated heterocycles. The largest absolute Gasteiger partial charge is 0.383 e. The summed E-state index contributed by atoms with van der Waals surface area (Å²) in [4.78, 5) is 8.58. The van der Waals surface area contributed by atoms with Crippen molar-refractivity contribution in [3.05, 3.63) is 36.7 Å². The van der Waals surface area contributed by atoms with Crippen molar-refractivity contribution >= 4 is 11.5 Å². The highest BCUT2D eigenvalue weighted by Crippen LogP contribution is 2.26. The van der Waals surface area contributed by atoms with Gasteiger partial charge in [0.25, 0.3) is 0 Å². The predicted octanol–water partition coefficient (Wildman–Crippen LogP) is 2.33. The molecule has 0 amide bonds. The fourth-order valence-electron chi connectivity index (χ4n) is 2.16. The molecular formula is C13H14FN5. The first-order valence-electron chi connectivity index (χ1n) is 6.14. The van der Waals surface area contributed by atoms with Crippen molar-refractivity contribution < 1.29 is 4.39 Å². The Hall–Kier alpha value is -2.37. The molecule has 0 atom stereocenters. The van der Waals surface area contributed by atoms with E-state index in [9.17, 15) is 4.39 Å². The summed E-state index contributed by atoms with van der Waals surface area (Å²) < 4.78 is 16.8. The topological polar surface area (TPSA) is 61.1 Å². The number of aryl methyl sites for hydroxylation is 1. The van der Waals surface area contributed by atoms with Crippen molar-refractivity contribution in [2.45, 2.75) is 19.9 Å². The number of nitrogens with two attached hydrogens (primary N) is 1. The molecule has 0 aliphatic rings. The molecule has 19 heavy (non-hydrogen) atoms. The van der Waals surface area contributed by atoms with E-state index in [0.717, 1.165) is 18.7 Å². The van der Waals surface area contributed by atoms with Crippen LogP contribution in [-0.4, -0.2) is 18.9 Å². The number of hydrogen-bond donors (Lipinski definition) is 1. The van der Waals surface area contributed by atoms with E-state index in [-0.39, 0.29) is 5.82 Å². The van der Waals surface area contributed by atoms with Crippen molar-refractivity contribution in [3.8, 4) is 11.4 Å². The van der Waals surface area contributed by atoms with Gasteiger partial charge in [-0.05, 0) is 18.6 Å². The van der Waals surface area contributed by atoms with Crippen LogP contribution < -0.4 is 5.73 Å². The molecule has 0 spiro atoms. The Bertz CT molecular complexity index is 728. The Morgan fingerprint density at radius 1 is 1.37 bits per heavy atom. The second-order valence-corrected chi connectivity index (χ2v) is 4.39. The standard InChI is InChI=1S/C13H14FN5/c1-2-5-18-8-16-6-10(18)12-13(15)19-7-9(14)3-4-11(19)17-12/h3-4,6-8H,2,5,15H2,1H3. The van der Waals surface area contributed by atoms with Gasteiger partial charge in [0, 0.05) is 12.7 Å². The third-order valence-electron chi connectivity index (χ3n) is 3.04. The summed E-state index contributed by atoms with van der Waals surface area (Å²) in [5.74, 6) is 0.0811. The smallest absolute Gasteiger partial charge is 0.140 e. The quantitative estimate of drug-likeness (QED) is 0.785. The molecule has 3 aromatic rings. The van der Waals surface area contributed by atoms with E-state index < -0.39 is 0 Å². The lowest BCUT2D eigenvalue weighted by Gasteiger charge is -2.04. The molecule has 98 valence electrons. The summed E-state index contributed by atoms with van der Waals surface area (Å²) in [6.45, 7) is 2.93. The van der Waals surface area contributed by atoms with Gasteiger partial charge in [0.15, 0.2) is 0 Å². The summed E-state index contributed by atoms with van der Waals surface area (Å²) in [5.41, 5.74) is 8.17. The Morgan fingerprint density at radius 2 is 2.21 bits per heavy atom. The van der Waals surface area contributed by atoms with Gasteiger partial charge in [-0.15, -0.1) is 0 Å². The molecular weight excluding hydrogens is 245 g/mol. The molecule has 6 heteroatoms. The summed E-state index contributed by atoms with van der Waals surface area (Å²) in [6.07, 6.45) is 5.81. The lowest BCUT2D eigenvalue weighted by atomic mass is 10.3. The van der Waals surface area contributed by atoms with Gasteiger partial charge < -0.3 is 10.3 Å². The zero-order valence-electron chi connectivity index (χ0n) is 10.5. The first-order valence-corrected chi connectivity index (χ1v) is 6.14. The van der Waals surface area contributed by atoms with Gasteiger partial charge in [-0.2, -0.15) is 0 Å². The summed E-state index contributed by atoms with van der Waals surface area (Å²) in [7, 11) is 0. The molecule has 0 aliphatic carbocycles. The van der Waals surface area contributed by atoms with Gasteiger partial charge in [0.2, 0.25) is 0 Å². The van der Waals surface area contributed by atoms with E-state index in [2.05, 4.69) is 16.9 Å². The maximum absolute atomic E-state index is 13.2. The highest BCUT2D eigenvalue weighted by molar-refractivity contribution is 5.72. The number of imidazole rings is 2. The Morgan fingerprint density at radius 3 is 3.00 bits per heavy atom. The SMILES string of the molecule is CCCn1cncc1-c1nc2ccc(F)cn2c1N. The molecule has 0 fully saturated rings. The van der Waals surface area contributed by atoms with Crippen LogP contribution in [0.3, 0.4) is 0 Å². The minimum atomic E-state index is -0.342. The van der Waals surface area contributed by atoms with Crippen LogP contribution in [0.15, 0.2) is 30.9 Å². The van der Waals surface area contributed by atoms with Crippen LogP contribution in [0.4, 0.5) is 10.2 Å². The van der Waals surface area contributed by atoms with Gasteiger partial charge in [-0.3, -0.25) is 4.40 Å². The van der Waals surface area contributed by atoms with Crippen LogP contribution >= 0.6 is 0 Å². The molecule has 3 heterocycles. The van der Waals surface area contributed by atoms with Crippen molar-refractivity contribution in [2.75, 3.05) is 5.73 Å².